The number of carbonyl (C=O) groups is 2. The van der Waals surface area contributed by atoms with Crippen molar-refractivity contribution >= 4 is 22.7 Å². The third-order valence-corrected chi connectivity index (χ3v) is 5.11. The number of hydrogen-bond acceptors (Lipinski definition) is 6. The third-order valence-electron chi connectivity index (χ3n) is 5.11. The average Bonchev–Trinajstić information content (AvgIpc) is 3.17. The van der Waals surface area contributed by atoms with Gasteiger partial charge in [-0.05, 0) is 19.4 Å². The average molecular weight is 404 g/mol. The van der Waals surface area contributed by atoms with Crippen molar-refractivity contribution < 1.29 is 24.2 Å². The maximum Gasteiger partial charge on any atom is 0.273 e. The maximum atomic E-state index is 12.9. The number of rotatable bonds is 8. The number of piperidine rings is 1. The summed E-state index contributed by atoms with van der Waals surface area (Å²) in [6.07, 6.45) is 0.516. The lowest BCUT2D eigenvalue weighted by Gasteiger charge is -2.38. The Labute approximate surface area is 169 Å². The van der Waals surface area contributed by atoms with Crippen LogP contribution < -0.4 is 5.32 Å². The van der Waals surface area contributed by atoms with E-state index in [0.29, 0.717) is 38.1 Å². The molecule has 0 unspecified atom stereocenters. The highest BCUT2D eigenvalue weighted by atomic mass is 16.5. The lowest BCUT2D eigenvalue weighted by Crippen LogP contribution is -2.54. The van der Waals surface area contributed by atoms with Crippen molar-refractivity contribution in [2.45, 2.75) is 25.5 Å². The number of carbonyl (C=O) groups excluding carboxylic acids is 2. The second kappa shape index (κ2) is 9.82. The number of aliphatic hydroxyl groups excluding tert-OH is 1. The second-order valence-electron chi connectivity index (χ2n) is 7.33. The number of hydrogen-bond donors (Lipinski definition) is 3. The predicted octanol–water partition coefficient (Wildman–Crippen LogP) is 0.554. The van der Waals surface area contributed by atoms with E-state index in [1.165, 1.54) is 0 Å². The third kappa shape index (κ3) is 5.11. The SMILES string of the molecule is COCCO[C@@H]1C[C@H](CO)CN(C(=O)[C@@H](C)NC(=O)c2n[nH]c3ccccc23)C1. The molecule has 3 atom stereocenters. The number of aromatic nitrogens is 2. The van der Waals surface area contributed by atoms with Crippen LogP contribution in [0.25, 0.3) is 10.9 Å². The Morgan fingerprint density at radius 3 is 2.90 bits per heavy atom. The quantitative estimate of drug-likeness (QED) is 0.554. The topological polar surface area (TPSA) is 117 Å². The van der Waals surface area contributed by atoms with Crippen LogP contribution >= 0.6 is 0 Å². The number of aliphatic hydroxyl groups is 1. The highest BCUT2D eigenvalue weighted by Gasteiger charge is 2.33. The summed E-state index contributed by atoms with van der Waals surface area (Å²) in [6.45, 7) is 3.39. The van der Waals surface area contributed by atoms with Crippen LogP contribution in [-0.2, 0) is 14.3 Å². The fourth-order valence-corrected chi connectivity index (χ4v) is 3.62. The summed E-state index contributed by atoms with van der Waals surface area (Å²) in [5.74, 6) is -0.679. The van der Waals surface area contributed by atoms with Crippen molar-refractivity contribution in [1.29, 1.82) is 0 Å². The minimum absolute atomic E-state index is 0.0199. The van der Waals surface area contributed by atoms with Gasteiger partial charge < -0.3 is 24.8 Å². The Morgan fingerprint density at radius 2 is 2.14 bits per heavy atom. The van der Waals surface area contributed by atoms with Crippen molar-refractivity contribution in [2.75, 3.05) is 40.0 Å². The first-order valence-electron chi connectivity index (χ1n) is 9.77. The fourth-order valence-electron chi connectivity index (χ4n) is 3.62. The summed E-state index contributed by atoms with van der Waals surface area (Å²) in [6, 6.07) is 6.59. The summed E-state index contributed by atoms with van der Waals surface area (Å²) in [4.78, 5) is 27.2. The molecule has 9 heteroatoms. The molecule has 29 heavy (non-hydrogen) atoms. The summed E-state index contributed by atoms with van der Waals surface area (Å²) in [5.41, 5.74) is 1.02. The smallest absolute Gasteiger partial charge is 0.273 e. The Morgan fingerprint density at radius 1 is 1.34 bits per heavy atom. The van der Waals surface area contributed by atoms with Crippen molar-refractivity contribution in [3.8, 4) is 0 Å². The molecule has 1 aromatic carbocycles. The van der Waals surface area contributed by atoms with Crippen LogP contribution in [0.15, 0.2) is 24.3 Å². The summed E-state index contributed by atoms with van der Waals surface area (Å²) in [5, 5.41) is 19.9. The van der Waals surface area contributed by atoms with Gasteiger partial charge in [0.15, 0.2) is 5.69 Å². The van der Waals surface area contributed by atoms with Crippen LogP contribution in [0, 0.1) is 5.92 Å². The first-order valence-corrected chi connectivity index (χ1v) is 9.77. The van der Waals surface area contributed by atoms with Crippen LogP contribution in [0.1, 0.15) is 23.8 Å². The van der Waals surface area contributed by atoms with Gasteiger partial charge in [0.25, 0.3) is 5.91 Å². The molecule has 9 nitrogen and oxygen atoms in total. The molecule has 0 spiro atoms. The number of likely N-dealkylation sites (tertiary alicyclic amines) is 1. The monoisotopic (exact) mass is 404 g/mol. The van der Waals surface area contributed by atoms with Crippen LogP contribution in [0.3, 0.4) is 0 Å². The molecule has 1 aliphatic rings. The van der Waals surface area contributed by atoms with Gasteiger partial charge in [0.05, 0.1) is 24.8 Å². The molecule has 2 amide bonds. The zero-order chi connectivity index (χ0) is 20.8. The highest BCUT2D eigenvalue weighted by molar-refractivity contribution is 6.05. The van der Waals surface area contributed by atoms with Gasteiger partial charge in [-0.15, -0.1) is 0 Å². The molecule has 0 saturated carbocycles. The van der Waals surface area contributed by atoms with Crippen molar-refractivity contribution in [3.63, 3.8) is 0 Å². The number of methoxy groups -OCH3 is 1. The number of fused-ring (bicyclic) bond motifs is 1. The standard InChI is InChI=1S/C20H28N4O5/c1-13(21-19(26)18-16-5-3-4-6-17(16)22-23-18)20(27)24-10-14(12-25)9-15(11-24)29-8-7-28-2/h3-6,13-15,25H,7-12H2,1-2H3,(H,21,26)(H,22,23)/t13-,14+,15-/m1/s1. The number of nitrogens with zero attached hydrogens (tertiary/aromatic N) is 2. The molecule has 1 fully saturated rings. The van der Waals surface area contributed by atoms with Gasteiger partial charge in [-0.2, -0.15) is 5.10 Å². The van der Waals surface area contributed by atoms with Gasteiger partial charge in [0, 0.05) is 38.1 Å². The molecule has 3 rings (SSSR count). The predicted molar refractivity (Wildman–Crippen MR) is 106 cm³/mol. The Hall–Kier alpha value is -2.49. The molecule has 0 aliphatic carbocycles. The molecule has 2 heterocycles. The van der Waals surface area contributed by atoms with E-state index in [4.69, 9.17) is 9.47 Å². The molecule has 3 N–H and O–H groups in total. The number of ether oxygens (including phenoxy) is 2. The van der Waals surface area contributed by atoms with Gasteiger partial charge in [-0.3, -0.25) is 14.7 Å². The Kier molecular flexibility index (Phi) is 7.18. The molecule has 158 valence electrons. The number of amides is 2. The zero-order valence-electron chi connectivity index (χ0n) is 16.8. The molecule has 0 radical (unpaired) electrons. The largest absolute Gasteiger partial charge is 0.396 e. The first-order chi connectivity index (χ1) is 14.0. The molecule has 1 aliphatic heterocycles. The van der Waals surface area contributed by atoms with Crippen LogP contribution in [0.5, 0.6) is 0 Å². The van der Waals surface area contributed by atoms with Gasteiger partial charge >= 0.3 is 0 Å². The van der Waals surface area contributed by atoms with Crippen molar-refractivity contribution in [3.05, 3.63) is 30.0 Å². The van der Waals surface area contributed by atoms with Crippen LogP contribution in [0.2, 0.25) is 0 Å². The summed E-state index contributed by atoms with van der Waals surface area (Å²) >= 11 is 0. The molecule has 1 aromatic heterocycles. The highest BCUT2D eigenvalue weighted by Crippen LogP contribution is 2.20. The van der Waals surface area contributed by atoms with Gasteiger partial charge in [-0.1, -0.05) is 18.2 Å². The van der Waals surface area contributed by atoms with E-state index in [-0.39, 0.29) is 30.2 Å². The van der Waals surface area contributed by atoms with Crippen LogP contribution in [-0.4, -0.2) is 84.2 Å². The van der Waals surface area contributed by atoms with E-state index in [1.807, 2.05) is 18.2 Å². The minimum Gasteiger partial charge on any atom is -0.396 e. The van der Waals surface area contributed by atoms with Crippen molar-refractivity contribution in [1.82, 2.24) is 20.4 Å². The van der Waals surface area contributed by atoms with E-state index in [1.54, 1.807) is 25.0 Å². The number of para-hydroxylation sites is 1. The molecular formula is C20H28N4O5. The van der Waals surface area contributed by atoms with Crippen LogP contribution in [0.4, 0.5) is 0 Å². The Balaban J connectivity index is 1.62. The van der Waals surface area contributed by atoms with E-state index in [0.717, 1.165) is 5.52 Å². The van der Waals surface area contributed by atoms with E-state index in [9.17, 15) is 14.7 Å². The van der Waals surface area contributed by atoms with Gasteiger partial charge in [-0.25, -0.2) is 0 Å². The minimum atomic E-state index is -0.727. The number of nitrogens with one attached hydrogen (secondary N) is 2. The van der Waals surface area contributed by atoms with Gasteiger partial charge in [0.2, 0.25) is 5.91 Å². The van der Waals surface area contributed by atoms with Gasteiger partial charge in [0.1, 0.15) is 6.04 Å². The number of H-pyrrole nitrogens is 1. The normalized spacial score (nSPS) is 20.6. The van der Waals surface area contributed by atoms with Crippen molar-refractivity contribution in [2.24, 2.45) is 5.92 Å². The fraction of sp³-hybridized carbons (Fsp3) is 0.550. The maximum absolute atomic E-state index is 12.9. The molecule has 2 aromatic rings. The lowest BCUT2D eigenvalue weighted by molar-refractivity contribution is -0.139. The Bertz CT molecular complexity index is 839. The zero-order valence-corrected chi connectivity index (χ0v) is 16.8. The van der Waals surface area contributed by atoms with E-state index < -0.39 is 11.9 Å². The van der Waals surface area contributed by atoms with E-state index in [2.05, 4.69) is 15.5 Å². The second-order valence-corrected chi connectivity index (χ2v) is 7.33. The number of benzene rings is 1. The summed E-state index contributed by atoms with van der Waals surface area (Å²) in [7, 11) is 1.60. The summed E-state index contributed by atoms with van der Waals surface area (Å²) < 4.78 is 10.8. The first kappa shape index (κ1) is 21.2. The molecule has 1 saturated heterocycles. The van der Waals surface area contributed by atoms with E-state index >= 15 is 0 Å². The number of aromatic amines is 1. The molecular weight excluding hydrogens is 376 g/mol. The molecule has 0 bridgehead atoms. The lowest BCUT2D eigenvalue weighted by atomic mass is 9.96.